The highest BCUT2D eigenvalue weighted by Gasteiger charge is 2.19. The summed E-state index contributed by atoms with van der Waals surface area (Å²) in [5.74, 6) is 0. The number of para-hydroxylation sites is 1. The van der Waals surface area contributed by atoms with Gasteiger partial charge < -0.3 is 4.42 Å². The van der Waals surface area contributed by atoms with Gasteiger partial charge in [-0.3, -0.25) is 0 Å². The maximum Gasteiger partial charge on any atom is 0.135 e. The quantitative estimate of drug-likeness (QED) is 0.163. The van der Waals surface area contributed by atoms with Crippen LogP contribution in [0.2, 0.25) is 0 Å². The van der Waals surface area contributed by atoms with Gasteiger partial charge in [0.25, 0.3) is 0 Å². The van der Waals surface area contributed by atoms with Gasteiger partial charge in [0, 0.05) is 10.8 Å². The van der Waals surface area contributed by atoms with E-state index >= 15 is 0 Å². The Morgan fingerprint density at radius 2 is 0.727 bits per heavy atom. The number of hydrogen-bond acceptors (Lipinski definition) is 1. The number of fused-ring (bicyclic) bond motifs is 6. The van der Waals surface area contributed by atoms with Crippen molar-refractivity contribution >= 4 is 54.3 Å². The van der Waals surface area contributed by atoms with Crippen LogP contribution in [-0.2, 0) is 0 Å². The molecule has 0 unspecified atom stereocenters. The normalized spacial score (nSPS) is 11.6. The third-order valence-corrected chi connectivity index (χ3v) is 11.2. The van der Waals surface area contributed by atoms with Gasteiger partial charge in [0.1, 0.15) is 11.2 Å². The van der Waals surface area contributed by atoms with Crippen LogP contribution in [0, 0.1) is 0 Å². The molecular weight excluding hydrogens is 665 g/mol. The van der Waals surface area contributed by atoms with E-state index in [0.29, 0.717) is 0 Å². The molecule has 0 bridgehead atoms. The molecule has 0 aliphatic heterocycles. The van der Waals surface area contributed by atoms with E-state index in [1.165, 1.54) is 88.0 Å². The predicted molar refractivity (Wildman–Crippen MR) is 233 cm³/mol. The zero-order chi connectivity index (χ0) is 36.3. The molecule has 1 nitrogen and oxygen atoms in total. The minimum Gasteiger partial charge on any atom is -0.456 e. The molecule has 0 spiro atoms. The van der Waals surface area contributed by atoms with E-state index < -0.39 is 0 Å². The van der Waals surface area contributed by atoms with Crippen molar-refractivity contribution in [3.63, 3.8) is 0 Å². The molecule has 11 aromatic rings. The summed E-state index contributed by atoms with van der Waals surface area (Å²) in [6.07, 6.45) is 0. The molecule has 1 heterocycles. The van der Waals surface area contributed by atoms with Gasteiger partial charge in [-0.25, -0.2) is 0 Å². The van der Waals surface area contributed by atoms with Crippen molar-refractivity contribution in [3.8, 4) is 55.6 Å². The van der Waals surface area contributed by atoms with E-state index in [2.05, 4.69) is 194 Å². The van der Waals surface area contributed by atoms with Crippen LogP contribution in [0.3, 0.4) is 0 Å². The first-order chi connectivity index (χ1) is 27.3. The fourth-order valence-corrected chi connectivity index (χ4v) is 8.78. The van der Waals surface area contributed by atoms with Crippen molar-refractivity contribution in [3.05, 3.63) is 206 Å². The van der Waals surface area contributed by atoms with Gasteiger partial charge in [0.2, 0.25) is 0 Å². The van der Waals surface area contributed by atoms with Gasteiger partial charge in [0.05, 0.1) is 0 Å². The van der Waals surface area contributed by atoms with Gasteiger partial charge in [-0.15, -0.1) is 0 Å². The summed E-state index contributed by atoms with van der Waals surface area (Å²) in [6, 6.07) is 74.9. The lowest BCUT2D eigenvalue weighted by Gasteiger charge is -2.19. The molecule has 10 aromatic carbocycles. The van der Waals surface area contributed by atoms with Crippen molar-refractivity contribution in [2.45, 2.75) is 0 Å². The second kappa shape index (κ2) is 12.7. The van der Waals surface area contributed by atoms with E-state index in [0.717, 1.165) is 21.9 Å². The number of benzene rings is 10. The molecule has 0 N–H and O–H groups in total. The van der Waals surface area contributed by atoms with Crippen LogP contribution in [0.5, 0.6) is 0 Å². The first-order valence-electron chi connectivity index (χ1n) is 18.9. The van der Waals surface area contributed by atoms with E-state index in [1.54, 1.807) is 0 Å². The summed E-state index contributed by atoms with van der Waals surface area (Å²) in [4.78, 5) is 0. The summed E-state index contributed by atoms with van der Waals surface area (Å²) in [5, 5.41) is 9.75. The Bertz CT molecular complexity index is 3200. The Kier molecular flexibility index (Phi) is 7.25. The summed E-state index contributed by atoms with van der Waals surface area (Å²) >= 11 is 0. The lowest BCUT2D eigenvalue weighted by atomic mass is 9.84. The molecule has 0 fully saturated rings. The fourth-order valence-electron chi connectivity index (χ4n) is 8.78. The topological polar surface area (TPSA) is 13.1 Å². The van der Waals surface area contributed by atoms with E-state index in [4.69, 9.17) is 4.42 Å². The third-order valence-electron chi connectivity index (χ3n) is 11.2. The first-order valence-corrected chi connectivity index (χ1v) is 18.9. The number of rotatable bonds is 5. The zero-order valence-electron chi connectivity index (χ0n) is 30.0. The molecule has 0 radical (unpaired) electrons. The third kappa shape index (κ3) is 5.16. The molecule has 0 aliphatic rings. The lowest BCUT2D eigenvalue weighted by Crippen LogP contribution is -1.92. The molecule has 55 heavy (non-hydrogen) atoms. The summed E-state index contributed by atoms with van der Waals surface area (Å²) < 4.78 is 6.16. The van der Waals surface area contributed by atoms with E-state index in [9.17, 15) is 0 Å². The summed E-state index contributed by atoms with van der Waals surface area (Å²) in [7, 11) is 0. The second-order valence-electron chi connectivity index (χ2n) is 14.4. The largest absolute Gasteiger partial charge is 0.456 e. The number of hydrogen-bond donors (Lipinski definition) is 0. The van der Waals surface area contributed by atoms with Gasteiger partial charge >= 0.3 is 0 Å². The molecule has 0 atom stereocenters. The minimum atomic E-state index is 0.912. The molecule has 1 aromatic heterocycles. The van der Waals surface area contributed by atoms with Gasteiger partial charge in [-0.1, -0.05) is 176 Å². The van der Waals surface area contributed by atoms with E-state index in [-0.39, 0.29) is 0 Å². The Morgan fingerprint density at radius 3 is 1.42 bits per heavy atom. The monoisotopic (exact) mass is 698 g/mol. The smallest absolute Gasteiger partial charge is 0.135 e. The molecule has 11 rings (SSSR count). The molecule has 256 valence electrons. The molecule has 0 saturated carbocycles. The first kappa shape index (κ1) is 31.3. The number of furan rings is 1. The maximum atomic E-state index is 6.16. The van der Waals surface area contributed by atoms with Crippen LogP contribution in [0.15, 0.2) is 211 Å². The average molecular weight is 699 g/mol. The van der Waals surface area contributed by atoms with Crippen LogP contribution in [-0.4, -0.2) is 0 Å². The Morgan fingerprint density at radius 1 is 0.236 bits per heavy atom. The summed E-state index contributed by atoms with van der Waals surface area (Å²) in [6.45, 7) is 0. The van der Waals surface area contributed by atoms with Crippen molar-refractivity contribution in [1.29, 1.82) is 0 Å². The average Bonchev–Trinajstić information content (AvgIpc) is 3.63. The molecular formula is C54H34O. The van der Waals surface area contributed by atoms with Crippen LogP contribution < -0.4 is 0 Å². The molecule has 1 heteroatoms. The standard InChI is InChI=1S/C54H34O/c1-2-15-36(16-3-1)52-42-21-5-4-14-35(42)28-30-43(52)39-18-13-20-41(33-39)54-47-25-8-6-23-45(47)53(46-24-7-9-26-48(46)54)40-19-12-17-37(32-40)38-29-31-51-49(34-38)44-22-10-11-27-50(44)55-51/h1-34H. The van der Waals surface area contributed by atoms with Crippen molar-refractivity contribution in [1.82, 2.24) is 0 Å². The zero-order valence-corrected chi connectivity index (χ0v) is 30.0. The molecule has 0 saturated heterocycles. The second-order valence-corrected chi connectivity index (χ2v) is 14.4. The Hall–Kier alpha value is -7.22. The SMILES string of the molecule is c1ccc(-c2c(-c3cccc(-c4c5ccccc5c(-c5cccc(-c6ccc7oc8ccccc8c7c6)c5)c5ccccc45)c3)ccc3ccccc23)cc1. The van der Waals surface area contributed by atoms with Crippen LogP contribution in [0.1, 0.15) is 0 Å². The van der Waals surface area contributed by atoms with Crippen LogP contribution in [0.25, 0.3) is 110 Å². The van der Waals surface area contributed by atoms with Crippen molar-refractivity contribution in [2.24, 2.45) is 0 Å². The van der Waals surface area contributed by atoms with Gasteiger partial charge in [0.15, 0.2) is 0 Å². The van der Waals surface area contributed by atoms with Crippen molar-refractivity contribution in [2.75, 3.05) is 0 Å². The molecule has 0 amide bonds. The summed E-state index contributed by atoms with van der Waals surface area (Å²) in [5.41, 5.74) is 14.0. The van der Waals surface area contributed by atoms with E-state index in [1.807, 2.05) is 12.1 Å². The highest BCUT2D eigenvalue weighted by atomic mass is 16.3. The minimum absolute atomic E-state index is 0.912. The lowest BCUT2D eigenvalue weighted by molar-refractivity contribution is 0.669. The fraction of sp³-hybridized carbons (Fsp3) is 0. The Labute approximate surface area is 319 Å². The highest BCUT2D eigenvalue weighted by molar-refractivity contribution is 6.22. The highest BCUT2D eigenvalue weighted by Crippen LogP contribution is 2.46. The van der Waals surface area contributed by atoms with Gasteiger partial charge in [-0.05, 0) is 118 Å². The van der Waals surface area contributed by atoms with Crippen LogP contribution >= 0.6 is 0 Å². The van der Waals surface area contributed by atoms with Crippen LogP contribution in [0.4, 0.5) is 0 Å². The van der Waals surface area contributed by atoms with Crippen molar-refractivity contribution < 1.29 is 4.42 Å². The molecule has 0 aliphatic carbocycles. The van der Waals surface area contributed by atoms with Gasteiger partial charge in [-0.2, -0.15) is 0 Å². The maximum absolute atomic E-state index is 6.16. The Balaban J connectivity index is 1.10. The predicted octanol–water partition coefficient (Wildman–Crippen LogP) is 15.4.